The van der Waals surface area contributed by atoms with Gasteiger partial charge in [-0.2, -0.15) is 0 Å². The average Bonchev–Trinajstić information content (AvgIpc) is 2.67. The molecule has 1 saturated heterocycles. The molecule has 8 nitrogen and oxygen atoms in total. The number of halogens is 1. The maximum Gasteiger partial charge on any atom is 0.269 e. The number of carbonyl (C=O) groups is 1. The topological polar surface area (TPSA) is 114 Å². The van der Waals surface area contributed by atoms with E-state index in [0.717, 1.165) is 69.8 Å². The maximum atomic E-state index is 11.2. The van der Waals surface area contributed by atoms with Crippen molar-refractivity contribution in [2.75, 3.05) is 26.2 Å². The molecule has 162 valence electrons. The van der Waals surface area contributed by atoms with E-state index in [0.29, 0.717) is 12.3 Å². The molecule has 0 radical (unpaired) electrons. The molecule has 0 bridgehead atoms. The molecule has 1 atom stereocenters. The molecule has 3 N–H and O–H groups in total. The standard InChI is InChI=1S/C20H31N5O3.HI/c1-2-22-20(24-13-5-7-17(15-24)14-19(21)26)23-12-4-3-6-16-8-10-18(11-9-16)25(27)28;/h8-11,17H,2-7,12-15H2,1H3,(H2,21,26)(H,22,23);1H. The number of carbonyl (C=O) groups excluding carboxylic acids is 1. The number of guanidine groups is 1. The van der Waals surface area contributed by atoms with Crippen molar-refractivity contribution in [2.45, 2.75) is 45.4 Å². The lowest BCUT2D eigenvalue weighted by molar-refractivity contribution is -0.384. The average molecular weight is 517 g/mol. The molecule has 1 aliphatic heterocycles. The molecule has 1 unspecified atom stereocenters. The van der Waals surface area contributed by atoms with E-state index in [9.17, 15) is 14.9 Å². The summed E-state index contributed by atoms with van der Waals surface area (Å²) in [6.07, 6.45) is 5.33. The van der Waals surface area contributed by atoms with Crippen LogP contribution in [-0.4, -0.2) is 47.9 Å². The van der Waals surface area contributed by atoms with Gasteiger partial charge in [-0.1, -0.05) is 12.1 Å². The number of hydrogen-bond donors (Lipinski definition) is 2. The molecule has 0 spiro atoms. The monoisotopic (exact) mass is 517 g/mol. The highest BCUT2D eigenvalue weighted by Gasteiger charge is 2.23. The van der Waals surface area contributed by atoms with Gasteiger partial charge in [-0.05, 0) is 50.5 Å². The molecule has 1 aromatic rings. The van der Waals surface area contributed by atoms with Crippen LogP contribution < -0.4 is 11.1 Å². The molecular weight excluding hydrogens is 485 g/mol. The van der Waals surface area contributed by atoms with Crippen LogP contribution in [0.3, 0.4) is 0 Å². The van der Waals surface area contributed by atoms with E-state index in [1.807, 2.05) is 12.1 Å². The third-order valence-corrected chi connectivity index (χ3v) is 4.93. The fourth-order valence-electron chi connectivity index (χ4n) is 3.54. The van der Waals surface area contributed by atoms with Crippen LogP contribution in [0.2, 0.25) is 0 Å². The van der Waals surface area contributed by atoms with Crippen LogP contribution in [0.5, 0.6) is 0 Å². The second-order valence-electron chi connectivity index (χ2n) is 7.24. The minimum atomic E-state index is -0.380. The summed E-state index contributed by atoms with van der Waals surface area (Å²) in [5.74, 6) is 0.976. The SMILES string of the molecule is CCNC(=NCCCCc1ccc([N+](=O)[O-])cc1)N1CCCC(CC(N)=O)C1.I. The van der Waals surface area contributed by atoms with Gasteiger partial charge < -0.3 is 16.0 Å². The minimum Gasteiger partial charge on any atom is -0.370 e. The summed E-state index contributed by atoms with van der Waals surface area (Å²) in [6, 6.07) is 6.74. The first kappa shape index (κ1) is 25.1. The Balaban J connectivity index is 0.00000420. The molecule has 2 rings (SSSR count). The normalized spacial score (nSPS) is 16.8. The zero-order valence-electron chi connectivity index (χ0n) is 17.0. The Morgan fingerprint density at radius 3 is 2.69 bits per heavy atom. The Hall–Kier alpha value is -1.91. The lowest BCUT2D eigenvalue weighted by Crippen LogP contribution is -2.47. The highest BCUT2D eigenvalue weighted by Crippen LogP contribution is 2.19. The van der Waals surface area contributed by atoms with Gasteiger partial charge >= 0.3 is 0 Å². The summed E-state index contributed by atoms with van der Waals surface area (Å²) in [5.41, 5.74) is 6.58. The Bertz CT molecular complexity index is 681. The van der Waals surface area contributed by atoms with Gasteiger partial charge in [0, 0.05) is 44.7 Å². The molecule has 29 heavy (non-hydrogen) atoms. The van der Waals surface area contributed by atoms with Gasteiger partial charge in [0.1, 0.15) is 0 Å². The fourth-order valence-corrected chi connectivity index (χ4v) is 3.54. The summed E-state index contributed by atoms with van der Waals surface area (Å²) in [5, 5.41) is 14.0. The van der Waals surface area contributed by atoms with Gasteiger partial charge in [-0.25, -0.2) is 0 Å². The van der Waals surface area contributed by atoms with Crippen LogP contribution in [0.1, 0.15) is 44.6 Å². The van der Waals surface area contributed by atoms with Crippen molar-refractivity contribution in [2.24, 2.45) is 16.6 Å². The van der Waals surface area contributed by atoms with Crippen LogP contribution in [-0.2, 0) is 11.2 Å². The van der Waals surface area contributed by atoms with Gasteiger partial charge in [-0.3, -0.25) is 19.9 Å². The summed E-state index contributed by atoms with van der Waals surface area (Å²) >= 11 is 0. The smallest absolute Gasteiger partial charge is 0.269 e. The largest absolute Gasteiger partial charge is 0.370 e. The number of nitrogens with zero attached hydrogens (tertiary/aromatic N) is 3. The number of rotatable bonds is 9. The van der Waals surface area contributed by atoms with Gasteiger partial charge in [0.05, 0.1) is 4.92 Å². The number of aliphatic imine (C=N–C) groups is 1. The molecule has 9 heteroatoms. The predicted molar refractivity (Wildman–Crippen MR) is 126 cm³/mol. The third kappa shape index (κ3) is 8.97. The number of nitro groups is 1. The van der Waals surface area contributed by atoms with E-state index >= 15 is 0 Å². The molecule has 0 saturated carbocycles. The molecule has 0 aliphatic carbocycles. The Morgan fingerprint density at radius 1 is 1.34 bits per heavy atom. The highest BCUT2D eigenvalue weighted by atomic mass is 127. The molecule has 1 aliphatic rings. The van der Waals surface area contributed by atoms with Gasteiger partial charge in [-0.15, -0.1) is 24.0 Å². The van der Waals surface area contributed by atoms with Crippen LogP contribution in [0.4, 0.5) is 5.69 Å². The zero-order valence-corrected chi connectivity index (χ0v) is 19.3. The van der Waals surface area contributed by atoms with Crippen LogP contribution >= 0.6 is 24.0 Å². The van der Waals surface area contributed by atoms with Crippen molar-refractivity contribution >= 4 is 41.5 Å². The summed E-state index contributed by atoms with van der Waals surface area (Å²) in [7, 11) is 0. The first-order valence-electron chi connectivity index (χ1n) is 10.0. The highest BCUT2D eigenvalue weighted by molar-refractivity contribution is 14.0. The van der Waals surface area contributed by atoms with Gasteiger partial charge in [0.15, 0.2) is 5.96 Å². The number of primary amides is 1. The number of unbranched alkanes of at least 4 members (excludes halogenated alkanes) is 1. The van der Waals surface area contributed by atoms with Crippen molar-refractivity contribution in [3.8, 4) is 0 Å². The molecule has 1 amide bonds. The third-order valence-electron chi connectivity index (χ3n) is 4.93. The van der Waals surface area contributed by atoms with Crippen molar-refractivity contribution in [3.05, 3.63) is 39.9 Å². The summed E-state index contributed by atoms with van der Waals surface area (Å²) < 4.78 is 0. The molecule has 1 fully saturated rings. The predicted octanol–water partition coefficient (Wildman–Crippen LogP) is 3.09. The van der Waals surface area contributed by atoms with Gasteiger partial charge in [0.25, 0.3) is 5.69 Å². The van der Waals surface area contributed by atoms with E-state index in [2.05, 4.69) is 17.1 Å². The van der Waals surface area contributed by atoms with Crippen LogP contribution in [0, 0.1) is 16.0 Å². The molecule has 1 aromatic carbocycles. The first-order valence-corrected chi connectivity index (χ1v) is 10.0. The molecule has 0 aromatic heterocycles. The second-order valence-corrected chi connectivity index (χ2v) is 7.24. The van der Waals surface area contributed by atoms with Crippen LogP contribution in [0.15, 0.2) is 29.3 Å². The quantitative estimate of drug-likeness (QED) is 0.131. The number of nitro benzene ring substituents is 1. The maximum absolute atomic E-state index is 11.2. The minimum absolute atomic E-state index is 0. The Kier molecular flexibility index (Phi) is 11.6. The van der Waals surface area contributed by atoms with E-state index in [-0.39, 0.29) is 40.5 Å². The fraction of sp³-hybridized carbons (Fsp3) is 0.600. The van der Waals surface area contributed by atoms with Crippen LogP contribution in [0.25, 0.3) is 0 Å². The number of benzene rings is 1. The van der Waals surface area contributed by atoms with E-state index < -0.39 is 0 Å². The number of aryl methyl sites for hydroxylation is 1. The summed E-state index contributed by atoms with van der Waals surface area (Å²) in [6.45, 7) is 5.35. The number of hydrogen-bond acceptors (Lipinski definition) is 4. The molecule has 1 heterocycles. The number of likely N-dealkylation sites (tertiary alicyclic amines) is 1. The van der Waals surface area contributed by atoms with E-state index in [1.54, 1.807) is 12.1 Å². The Morgan fingerprint density at radius 2 is 2.07 bits per heavy atom. The number of amides is 1. The van der Waals surface area contributed by atoms with Crippen molar-refractivity contribution in [1.29, 1.82) is 0 Å². The number of piperidine rings is 1. The number of nitrogens with two attached hydrogens (primary N) is 1. The number of nitrogens with one attached hydrogen (secondary N) is 1. The Labute approximate surface area is 189 Å². The van der Waals surface area contributed by atoms with E-state index in [1.165, 1.54) is 0 Å². The first-order chi connectivity index (χ1) is 13.5. The molecular formula is C20H32IN5O3. The lowest BCUT2D eigenvalue weighted by Gasteiger charge is -2.34. The summed E-state index contributed by atoms with van der Waals surface area (Å²) in [4.78, 5) is 28.5. The number of non-ortho nitro benzene ring substituents is 1. The van der Waals surface area contributed by atoms with Gasteiger partial charge in [0.2, 0.25) is 5.91 Å². The van der Waals surface area contributed by atoms with Crippen molar-refractivity contribution in [1.82, 2.24) is 10.2 Å². The van der Waals surface area contributed by atoms with Crippen molar-refractivity contribution in [3.63, 3.8) is 0 Å². The zero-order chi connectivity index (χ0) is 20.4. The second kappa shape index (κ2) is 13.3. The van der Waals surface area contributed by atoms with Crippen molar-refractivity contribution < 1.29 is 9.72 Å². The lowest BCUT2D eigenvalue weighted by atomic mass is 9.95. The van der Waals surface area contributed by atoms with E-state index in [4.69, 9.17) is 10.7 Å².